The van der Waals surface area contributed by atoms with E-state index in [1.807, 2.05) is 62.4 Å². The van der Waals surface area contributed by atoms with Gasteiger partial charge in [-0.2, -0.15) is 5.10 Å². The number of hydrogen-bond acceptors (Lipinski definition) is 5. The minimum atomic E-state index is -0.263. The van der Waals surface area contributed by atoms with Crippen LogP contribution < -0.4 is 10.9 Å². The summed E-state index contributed by atoms with van der Waals surface area (Å²) >= 11 is 0. The van der Waals surface area contributed by atoms with Crippen LogP contribution in [0.2, 0.25) is 0 Å². The van der Waals surface area contributed by atoms with Gasteiger partial charge in [0.15, 0.2) is 0 Å². The monoisotopic (exact) mass is 425 g/mol. The predicted octanol–water partition coefficient (Wildman–Crippen LogP) is 3.88. The zero-order valence-electron chi connectivity index (χ0n) is 17.9. The first-order valence-electron chi connectivity index (χ1n) is 10.4. The number of aromatic nitrogens is 4. The van der Waals surface area contributed by atoms with Crippen LogP contribution >= 0.6 is 0 Å². The lowest BCUT2D eigenvalue weighted by molar-refractivity contribution is 0.0950. The molecule has 0 spiro atoms. The van der Waals surface area contributed by atoms with Gasteiger partial charge in [-0.15, -0.1) is 0 Å². The summed E-state index contributed by atoms with van der Waals surface area (Å²) in [5.74, 6) is -0.263. The number of nitrogens with one attached hydrogen (secondary N) is 1. The van der Waals surface area contributed by atoms with Gasteiger partial charge in [0.2, 0.25) is 0 Å². The molecule has 4 aromatic rings. The molecule has 0 unspecified atom stereocenters. The lowest BCUT2D eigenvalue weighted by Gasteiger charge is -2.14. The Labute approximate surface area is 185 Å². The molecule has 0 aliphatic heterocycles. The molecule has 3 heterocycles. The molecule has 0 saturated heterocycles. The number of hydrogen-bond donors (Lipinski definition) is 1. The number of carbonyl (C=O) groups is 1. The molecule has 0 saturated carbocycles. The third kappa shape index (κ3) is 4.62. The molecule has 7 heteroatoms. The van der Waals surface area contributed by atoms with Crippen molar-refractivity contribution < 1.29 is 4.79 Å². The van der Waals surface area contributed by atoms with E-state index < -0.39 is 0 Å². The zero-order chi connectivity index (χ0) is 22.5. The van der Waals surface area contributed by atoms with E-state index in [-0.39, 0.29) is 17.5 Å². The van der Waals surface area contributed by atoms with Crippen molar-refractivity contribution >= 4 is 5.91 Å². The van der Waals surface area contributed by atoms with Crippen molar-refractivity contribution in [3.05, 3.63) is 101 Å². The van der Waals surface area contributed by atoms with E-state index in [1.165, 1.54) is 10.7 Å². The molecule has 0 atom stereocenters. The van der Waals surface area contributed by atoms with Crippen LogP contribution in [0.1, 0.15) is 35.9 Å². The molecule has 0 bridgehead atoms. The van der Waals surface area contributed by atoms with Gasteiger partial charge in [0.1, 0.15) is 0 Å². The third-order valence-electron chi connectivity index (χ3n) is 4.94. The van der Waals surface area contributed by atoms with Crippen molar-refractivity contribution in [2.75, 3.05) is 0 Å². The van der Waals surface area contributed by atoms with Crippen molar-refractivity contribution in [3.63, 3.8) is 0 Å². The lowest BCUT2D eigenvalue weighted by atomic mass is 10.0. The highest BCUT2D eigenvalue weighted by atomic mass is 16.1. The Balaban J connectivity index is 1.75. The summed E-state index contributed by atoms with van der Waals surface area (Å²) in [7, 11) is 0. The van der Waals surface area contributed by atoms with E-state index in [4.69, 9.17) is 0 Å². The Morgan fingerprint density at radius 2 is 1.78 bits per heavy atom. The molecule has 1 N–H and O–H groups in total. The fourth-order valence-corrected chi connectivity index (χ4v) is 3.32. The summed E-state index contributed by atoms with van der Waals surface area (Å²) in [4.78, 5) is 33.9. The minimum absolute atomic E-state index is 0.0968. The molecule has 7 nitrogen and oxygen atoms in total. The Morgan fingerprint density at radius 1 is 1.00 bits per heavy atom. The van der Waals surface area contributed by atoms with Gasteiger partial charge in [-0.3, -0.25) is 19.6 Å². The molecular formula is C25H23N5O2. The van der Waals surface area contributed by atoms with Crippen molar-refractivity contribution in [2.45, 2.75) is 26.4 Å². The number of rotatable bonds is 6. The first-order valence-corrected chi connectivity index (χ1v) is 10.4. The second kappa shape index (κ2) is 9.34. The summed E-state index contributed by atoms with van der Waals surface area (Å²) in [5.41, 5.74) is 3.82. The van der Waals surface area contributed by atoms with Crippen LogP contribution in [0.15, 0.2) is 83.9 Å². The second-order valence-electron chi connectivity index (χ2n) is 7.59. The van der Waals surface area contributed by atoms with Crippen molar-refractivity contribution in [1.29, 1.82) is 0 Å². The standard InChI is InChI=1S/C25H23N5O2/c1-17(2)30-23(31)12-11-22(29-30)21-14-19(15-27-24(21)18-8-4-3-5-9-18)25(32)28-16-20-10-6-7-13-26-20/h3-15,17H,16H2,1-2H3,(H,28,32). The fraction of sp³-hybridized carbons (Fsp3) is 0.160. The van der Waals surface area contributed by atoms with Crippen LogP contribution in [0.5, 0.6) is 0 Å². The first kappa shape index (κ1) is 21.1. The van der Waals surface area contributed by atoms with E-state index in [1.54, 1.807) is 24.5 Å². The molecule has 1 aromatic carbocycles. The van der Waals surface area contributed by atoms with Crippen molar-refractivity contribution in [2.24, 2.45) is 0 Å². The molecule has 0 radical (unpaired) electrons. The number of carbonyl (C=O) groups excluding carboxylic acids is 1. The number of nitrogens with zero attached hydrogens (tertiary/aromatic N) is 4. The van der Waals surface area contributed by atoms with Crippen LogP contribution in [0.3, 0.4) is 0 Å². The van der Waals surface area contributed by atoms with E-state index in [2.05, 4.69) is 20.4 Å². The smallest absolute Gasteiger partial charge is 0.267 e. The van der Waals surface area contributed by atoms with Gasteiger partial charge in [0.05, 0.1) is 35.2 Å². The molecule has 0 fully saturated rings. The second-order valence-corrected chi connectivity index (χ2v) is 7.59. The SMILES string of the molecule is CC(C)n1nc(-c2cc(C(=O)NCc3ccccn3)cnc2-c2ccccc2)ccc1=O. The van der Waals surface area contributed by atoms with Crippen molar-refractivity contribution in [1.82, 2.24) is 25.1 Å². The molecule has 3 aromatic heterocycles. The van der Waals surface area contributed by atoms with E-state index >= 15 is 0 Å². The minimum Gasteiger partial charge on any atom is -0.346 e. The highest BCUT2D eigenvalue weighted by Gasteiger charge is 2.16. The summed E-state index contributed by atoms with van der Waals surface area (Å²) in [5, 5.41) is 7.42. The maximum atomic E-state index is 12.8. The van der Waals surface area contributed by atoms with Crippen LogP contribution in [0.25, 0.3) is 22.5 Å². The van der Waals surface area contributed by atoms with Gasteiger partial charge < -0.3 is 5.32 Å². The molecule has 1 amide bonds. The highest BCUT2D eigenvalue weighted by molar-refractivity contribution is 5.96. The Bertz CT molecular complexity index is 1280. The Morgan fingerprint density at radius 3 is 2.50 bits per heavy atom. The quantitative estimate of drug-likeness (QED) is 0.506. The summed E-state index contributed by atoms with van der Waals surface area (Å²) in [6.07, 6.45) is 3.24. The Hall–Kier alpha value is -4.13. The van der Waals surface area contributed by atoms with Gasteiger partial charge in [-0.05, 0) is 38.1 Å². The van der Waals surface area contributed by atoms with Gasteiger partial charge in [-0.1, -0.05) is 36.4 Å². The summed E-state index contributed by atoms with van der Waals surface area (Å²) in [6.45, 7) is 4.11. The van der Waals surface area contributed by atoms with Crippen LogP contribution in [-0.4, -0.2) is 25.7 Å². The lowest BCUT2D eigenvalue weighted by Crippen LogP contribution is -2.24. The van der Waals surface area contributed by atoms with E-state index in [0.717, 1.165) is 11.3 Å². The fourth-order valence-electron chi connectivity index (χ4n) is 3.32. The van der Waals surface area contributed by atoms with Crippen LogP contribution in [0, 0.1) is 0 Å². The van der Waals surface area contributed by atoms with E-state index in [9.17, 15) is 9.59 Å². The topological polar surface area (TPSA) is 89.8 Å². The molecule has 0 aliphatic carbocycles. The highest BCUT2D eigenvalue weighted by Crippen LogP contribution is 2.29. The molecular weight excluding hydrogens is 402 g/mol. The summed E-state index contributed by atoms with van der Waals surface area (Å²) in [6, 6.07) is 20.1. The molecule has 32 heavy (non-hydrogen) atoms. The molecule has 4 rings (SSSR count). The van der Waals surface area contributed by atoms with Gasteiger partial charge >= 0.3 is 0 Å². The average molecular weight is 425 g/mol. The normalized spacial score (nSPS) is 10.8. The average Bonchev–Trinajstić information content (AvgIpc) is 2.83. The largest absolute Gasteiger partial charge is 0.346 e. The Kier molecular flexibility index (Phi) is 6.17. The van der Waals surface area contributed by atoms with Gasteiger partial charge in [-0.25, -0.2) is 4.68 Å². The van der Waals surface area contributed by atoms with Gasteiger partial charge in [0.25, 0.3) is 11.5 Å². The summed E-state index contributed by atoms with van der Waals surface area (Å²) < 4.78 is 1.43. The first-order chi connectivity index (χ1) is 15.5. The molecule has 160 valence electrons. The predicted molar refractivity (Wildman–Crippen MR) is 123 cm³/mol. The maximum Gasteiger partial charge on any atom is 0.267 e. The number of amides is 1. The van der Waals surface area contributed by atoms with E-state index in [0.29, 0.717) is 29.1 Å². The van der Waals surface area contributed by atoms with Crippen LogP contribution in [-0.2, 0) is 6.54 Å². The number of benzene rings is 1. The molecule has 0 aliphatic rings. The zero-order valence-corrected chi connectivity index (χ0v) is 17.9. The third-order valence-corrected chi connectivity index (χ3v) is 4.94. The van der Waals surface area contributed by atoms with Crippen molar-refractivity contribution in [3.8, 4) is 22.5 Å². The van der Waals surface area contributed by atoms with Crippen LogP contribution in [0.4, 0.5) is 0 Å². The number of pyridine rings is 2. The van der Waals surface area contributed by atoms with Gasteiger partial charge in [0, 0.05) is 29.6 Å². The maximum absolute atomic E-state index is 12.8.